The van der Waals surface area contributed by atoms with Crippen molar-refractivity contribution in [2.45, 2.75) is 13.8 Å². The van der Waals surface area contributed by atoms with Crippen LogP contribution in [0.4, 0.5) is 0 Å². The first-order valence-electron chi connectivity index (χ1n) is 6.80. The number of nitriles is 1. The van der Waals surface area contributed by atoms with Gasteiger partial charge < -0.3 is 9.84 Å². The molecule has 2 N–H and O–H groups in total. The van der Waals surface area contributed by atoms with E-state index < -0.39 is 5.56 Å². The molecule has 0 radical (unpaired) electrons. The summed E-state index contributed by atoms with van der Waals surface area (Å²) >= 11 is 5.97. The van der Waals surface area contributed by atoms with Gasteiger partial charge in [0.25, 0.3) is 5.56 Å². The lowest BCUT2D eigenvalue weighted by Crippen LogP contribution is -2.15. The Kier molecular flexibility index (Phi) is 5.04. The molecule has 0 bridgehead atoms. The van der Waals surface area contributed by atoms with Crippen molar-refractivity contribution in [3.8, 4) is 17.6 Å². The molecule has 0 amide bonds. The van der Waals surface area contributed by atoms with Crippen LogP contribution in [0.1, 0.15) is 29.3 Å². The lowest BCUT2D eigenvalue weighted by Gasteiger charge is -2.08. The van der Waals surface area contributed by atoms with Gasteiger partial charge in [-0.15, -0.1) is 0 Å². The Labute approximate surface area is 137 Å². The fourth-order valence-electron chi connectivity index (χ4n) is 1.98. The number of aromatic nitrogens is 2. The Morgan fingerprint density at radius 1 is 1.48 bits per heavy atom. The third-order valence-electron chi connectivity index (χ3n) is 3.16. The summed E-state index contributed by atoms with van der Waals surface area (Å²) in [6.07, 6.45) is 3.34. The summed E-state index contributed by atoms with van der Waals surface area (Å²) in [5, 5.41) is 25.2. The van der Waals surface area contributed by atoms with E-state index in [-0.39, 0.29) is 22.1 Å². The van der Waals surface area contributed by atoms with E-state index in [1.165, 1.54) is 0 Å². The highest BCUT2D eigenvalue weighted by molar-refractivity contribution is 6.32. The van der Waals surface area contributed by atoms with E-state index >= 15 is 0 Å². The zero-order valence-electron chi connectivity index (χ0n) is 12.6. The fraction of sp³-hybridized carbons (Fsp3) is 0.188. The first kappa shape index (κ1) is 16.6. The van der Waals surface area contributed by atoms with E-state index in [0.29, 0.717) is 23.4 Å². The van der Waals surface area contributed by atoms with Gasteiger partial charge >= 0.3 is 0 Å². The summed E-state index contributed by atoms with van der Waals surface area (Å²) in [7, 11) is 0. The SMILES string of the molecule is CCOc1cc(/C=C/c2n[nH]c(=O)c(C#N)c2C)cc(Cl)c1O. The average molecular weight is 332 g/mol. The van der Waals surface area contributed by atoms with E-state index in [4.69, 9.17) is 21.6 Å². The van der Waals surface area contributed by atoms with Crippen LogP contribution in [0.15, 0.2) is 16.9 Å². The van der Waals surface area contributed by atoms with Crippen LogP contribution in [0.2, 0.25) is 5.02 Å². The fourth-order valence-corrected chi connectivity index (χ4v) is 2.20. The van der Waals surface area contributed by atoms with Crippen LogP contribution in [-0.2, 0) is 0 Å². The van der Waals surface area contributed by atoms with Crippen molar-refractivity contribution in [3.05, 3.63) is 49.9 Å². The maximum Gasteiger partial charge on any atom is 0.282 e. The van der Waals surface area contributed by atoms with Crippen molar-refractivity contribution in [1.82, 2.24) is 10.2 Å². The smallest absolute Gasteiger partial charge is 0.282 e. The third-order valence-corrected chi connectivity index (χ3v) is 3.45. The van der Waals surface area contributed by atoms with Gasteiger partial charge in [-0.1, -0.05) is 17.7 Å². The van der Waals surface area contributed by atoms with Gasteiger partial charge in [-0.05, 0) is 43.2 Å². The highest BCUT2D eigenvalue weighted by atomic mass is 35.5. The lowest BCUT2D eigenvalue weighted by molar-refractivity contribution is 0.318. The maximum absolute atomic E-state index is 11.5. The monoisotopic (exact) mass is 331 g/mol. The third kappa shape index (κ3) is 3.52. The van der Waals surface area contributed by atoms with Crippen molar-refractivity contribution in [3.63, 3.8) is 0 Å². The second-order valence-corrected chi connectivity index (χ2v) is 5.07. The minimum Gasteiger partial charge on any atom is -0.503 e. The number of H-pyrrole nitrogens is 1. The molecule has 2 aromatic rings. The van der Waals surface area contributed by atoms with E-state index in [2.05, 4.69) is 10.2 Å². The molecular weight excluding hydrogens is 318 g/mol. The average Bonchev–Trinajstić information content (AvgIpc) is 2.52. The van der Waals surface area contributed by atoms with E-state index in [9.17, 15) is 9.90 Å². The Balaban J connectivity index is 2.42. The van der Waals surface area contributed by atoms with Crippen LogP contribution in [0.25, 0.3) is 12.2 Å². The molecule has 0 unspecified atom stereocenters. The lowest BCUT2D eigenvalue weighted by atomic mass is 10.1. The van der Waals surface area contributed by atoms with Crippen LogP contribution >= 0.6 is 11.6 Å². The predicted octanol–water partition coefficient (Wildman–Crippen LogP) is 2.88. The number of aromatic hydroxyl groups is 1. The molecule has 0 saturated carbocycles. The van der Waals surface area contributed by atoms with Crippen molar-refractivity contribution >= 4 is 23.8 Å². The molecule has 23 heavy (non-hydrogen) atoms. The highest BCUT2D eigenvalue weighted by Gasteiger charge is 2.10. The molecule has 0 aliphatic carbocycles. The number of halogens is 1. The van der Waals surface area contributed by atoms with E-state index in [0.717, 1.165) is 0 Å². The van der Waals surface area contributed by atoms with Crippen LogP contribution in [-0.4, -0.2) is 21.9 Å². The summed E-state index contributed by atoms with van der Waals surface area (Å²) in [6, 6.07) is 5.06. The van der Waals surface area contributed by atoms with Crippen LogP contribution in [0, 0.1) is 18.3 Å². The van der Waals surface area contributed by atoms with E-state index in [1.54, 1.807) is 38.1 Å². The molecule has 1 heterocycles. The van der Waals surface area contributed by atoms with Gasteiger partial charge in [0, 0.05) is 0 Å². The second-order valence-electron chi connectivity index (χ2n) is 4.67. The number of hydrogen-bond donors (Lipinski definition) is 2. The van der Waals surface area contributed by atoms with Gasteiger partial charge in [0.1, 0.15) is 11.6 Å². The van der Waals surface area contributed by atoms with E-state index in [1.807, 2.05) is 6.07 Å². The number of phenols is 1. The highest BCUT2D eigenvalue weighted by Crippen LogP contribution is 2.35. The summed E-state index contributed by atoms with van der Waals surface area (Å²) in [6.45, 7) is 3.84. The molecule has 2 rings (SSSR count). The van der Waals surface area contributed by atoms with Crippen molar-refractivity contribution in [2.75, 3.05) is 6.61 Å². The molecule has 6 nitrogen and oxygen atoms in total. The van der Waals surface area contributed by atoms with Gasteiger partial charge in [-0.3, -0.25) is 4.79 Å². The standard InChI is InChI=1S/C16H14ClN3O3/c1-3-23-14-7-10(6-12(17)15(14)21)4-5-13-9(2)11(8-18)16(22)20-19-13/h4-7,21H,3H2,1-2H3,(H,20,22)/b5-4+. The summed E-state index contributed by atoms with van der Waals surface area (Å²) < 4.78 is 5.31. The number of nitrogens with zero attached hydrogens (tertiary/aromatic N) is 2. The molecular formula is C16H14ClN3O3. The second kappa shape index (κ2) is 6.99. The molecule has 0 aliphatic rings. The zero-order valence-corrected chi connectivity index (χ0v) is 13.3. The Morgan fingerprint density at radius 2 is 2.22 bits per heavy atom. The number of ether oxygens (including phenoxy) is 1. The molecule has 0 aliphatic heterocycles. The Morgan fingerprint density at radius 3 is 2.87 bits per heavy atom. The summed E-state index contributed by atoms with van der Waals surface area (Å²) in [5.41, 5.74) is 1.14. The molecule has 0 fully saturated rings. The number of aromatic amines is 1. The minimum absolute atomic E-state index is 0.0263. The van der Waals surface area contributed by atoms with Gasteiger partial charge in [-0.25, -0.2) is 5.10 Å². The quantitative estimate of drug-likeness (QED) is 0.897. The first-order chi connectivity index (χ1) is 11.0. The predicted molar refractivity (Wildman–Crippen MR) is 87.5 cm³/mol. The molecule has 118 valence electrons. The molecule has 0 saturated heterocycles. The van der Waals surface area contributed by atoms with Crippen molar-refractivity contribution < 1.29 is 9.84 Å². The van der Waals surface area contributed by atoms with Crippen molar-refractivity contribution in [1.29, 1.82) is 5.26 Å². The molecule has 0 spiro atoms. The Bertz CT molecular complexity index is 866. The van der Waals surface area contributed by atoms with Gasteiger partial charge in [0.05, 0.1) is 17.3 Å². The zero-order chi connectivity index (χ0) is 17.0. The van der Waals surface area contributed by atoms with Crippen LogP contribution in [0.3, 0.4) is 0 Å². The van der Waals surface area contributed by atoms with Crippen LogP contribution in [0.5, 0.6) is 11.5 Å². The Hall–Kier alpha value is -2.78. The normalized spacial score (nSPS) is 10.7. The number of hydrogen-bond acceptors (Lipinski definition) is 5. The topological polar surface area (TPSA) is 99.0 Å². The molecule has 1 aromatic carbocycles. The summed E-state index contributed by atoms with van der Waals surface area (Å²) in [5.74, 6) is 0.166. The van der Waals surface area contributed by atoms with Gasteiger partial charge in [0.2, 0.25) is 0 Å². The largest absolute Gasteiger partial charge is 0.503 e. The van der Waals surface area contributed by atoms with Crippen molar-refractivity contribution in [2.24, 2.45) is 0 Å². The molecule has 7 heteroatoms. The number of rotatable bonds is 4. The van der Waals surface area contributed by atoms with Crippen LogP contribution < -0.4 is 10.3 Å². The molecule has 0 atom stereocenters. The number of nitrogens with one attached hydrogen (secondary N) is 1. The maximum atomic E-state index is 11.5. The first-order valence-corrected chi connectivity index (χ1v) is 7.18. The minimum atomic E-state index is -0.520. The summed E-state index contributed by atoms with van der Waals surface area (Å²) in [4.78, 5) is 11.5. The van der Waals surface area contributed by atoms with Gasteiger partial charge in [0.15, 0.2) is 11.5 Å². The molecule has 1 aromatic heterocycles. The van der Waals surface area contributed by atoms with Gasteiger partial charge in [-0.2, -0.15) is 10.4 Å². The number of benzene rings is 1. The number of phenolic OH excluding ortho intramolecular Hbond substituents is 1.